The SMILES string of the molecule is CCCCCCCC(=O)c1ccc(OC(=O)C(CC)CC)c(C(=O)c2ccccc2C=O)c1. The summed E-state index contributed by atoms with van der Waals surface area (Å²) in [7, 11) is 0. The molecule has 0 aromatic heterocycles. The summed E-state index contributed by atoms with van der Waals surface area (Å²) >= 11 is 0. The average molecular weight is 451 g/mol. The lowest BCUT2D eigenvalue weighted by Crippen LogP contribution is -2.21. The van der Waals surface area contributed by atoms with Crippen LogP contribution in [0.15, 0.2) is 42.5 Å². The number of hydrogen-bond donors (Lipinski definition) is 0. The molecule has 0 amide bonds. The quantitative estimate of drug-likeness (QED) is 0.106. The van der Waals surface area contributed by atoms with Crippen LogP contribution in [0.5, 0.6) is 5.75 Å². The number of rotatable bonds is 14. The number of aldehydes is 1. The smallest absolute Gasteiger partial charge is 0.314 e. The predicted octanol–water partition coefficient (Wildman–Crippen LogP) is 6.61. The van der Waals surface area contributed by atoms with Gasteiger partial charge in [-0.2, -0.15) is 0 Å². The van der Waals surface area contributed by atoms with Crippen molar-refractivity contribution in [2.75, 3.05) is 0 Å². The van der Waals surface area contributed by atoms with E-state index >= 15 is 0 Å². The third-order valence-electron chi connectivity index (χ3n) is 5.92. The minimum atomic E-state index is -0.456. The van der Waals surface area contributed by atoms with E-state index in [0.29, 0.717) is 31.1 Å². The fraction of sp³-hybridized carbons (Fsp3) is 0.429. The largest absolute Gasteiger partial charge is 0.426 e. The molecule has 5 heteroatoms. The van der Waals surface area contributed by atoms with Crippen molar-refractivity contribution >= 4 is 23.8 Å². The van der Waals surface area contributed by atoms with E-state index in [1.165, 1.54) is 12.1 Å². The van der Waals surface area contributed by atoms with Gasteiger partial charge >= 0.3 is 5.97 Å². The molecule has 0 unspecified atom stereocenters. The van der Waals surface area contributed by atoms with Crippen molar-refractivity contribution in [3.8, 4) is 5.75 Å². The first kappa shape index (κ1) is 26.2. The molecule has 0 saturated heterocycles. The Bertz CT molecular complexity index is 972. The second-order valence-corrected chi connectivity index (χ2v) is 8.27. The molecule has 176 valence electrons. The molecule has 0 aliphatic carbocycles. The number of esters is 1. The van der Waals surface area contributed by atoms with Crippen molar-refractivity contribution < 1.29 is 23.9 Å². The van der Waals surface area contributed by atoms with E-state index in [9.17, 15) is 19.2 Å². The van der Waals surface area contributed by atoms with Crippen LogP contribution < -0.4 is 4.74 Å². The van der Waals surface area contributed by atoms with Crippen LogP contribution in [0, 0.1) is 5.92 Å². The first-order valence-corrected chi connectivity index (χ1v) is 11.9. The van der Waals surface area contributed by atoms with Crippen molar-refractivity contribution in [2.45, 2.75) is 72.1 Å². The fourth-order valence-corrected chi connectivity index (χ4v) is 3.77. The summed E-state index contributed by atoms with van der Waals surface area (Å²) in [5.41, 5.74) is 0.962. The van der Waals surface area contributed by atoms with Crippen LogP contribution in [0.2, 0.25) is 0 Å². The molecule has 0 fully saturated rings. The topological polar surface area (TPSA) is 77.5 Å². The summed E-state index contributed by atoms with van der Waals surface area (Å²) < 4.78 is 5.61. The van der Waals surface area contributed by atoms with Crippen molar-refractivity contribution in [1.29, 1.82) is 0 Å². The van der Waals surface area contributed by atoms with Gasteiger partial charge in [-0.1, -0.05) is 70.7 Å². The number of ether oxygens (including phenoxy) is 1. The number of carbonyl (C=O) groups is 4. The van der Waals surface area contributed by atoms with E-state index in [-0.39, 0.29) is 34.1 Å². The molecular formula is C28H34O5. The third kappa shape index (κ3) is 7.21. The molecule has 5 nitrogen and oxygen atoms in total. The Balaban J connectivity index is 2.37. The van der Waals surface area contributed by atoms with Crippen LogP contribution in [0.25, 0.3) is 0 Å². The Morgan fingerprint density at radius 1 is 0.879 bits per heavy atom. The predicted molar refractivity (Wildman–Crippen MR) is 129 cm³/mol. The van der Waals surface area contributed by atoms with Gasteiger partial charge in [0.15, 0.2) is 17.9 Å². The molecule has 0 radical (unpaired) electrons. The summed E-state index contributed by atoms with van der Waals surface area (Å²) in [6.45, 7) is 5.96. The number of hydrogen-bond acceptors (Lipinski definition) is 5. The molecule has 2 rings (SSSR count). The highest BCUT2D eigenvalue weighted by atomic mass is 16.5. The summed E-state index contributed by atoms with van der Waals surface area (Å²) in [5, 5.41) is 0. The molecule has 0 bridgehead atoms. The Morgan fingerprint density at radius 2 is 1.58 bits per heavy atom. The third-order valence-corrected chi connectivity index (χ3v) is 5.92. The van der Waals surface area contributed by atoms with E-state index in [4.69, 9.17) is 4.74 Å². The first-order chi connectivity index (χ1) is 16.0. The van der Waals surface area contributed by atoms with Crippen LogP contribution in [0.4, 0.5) is 0 Å². The summed E-state index contributed by atoms with van der Waals surface area (Å²) in [5.74, 6) is -1.09. The number of unbranched alkanes of at least 4 members (excludes halogenated alkanes) is 4. The molecule has 0 N–H and O–H groups in total. The number of carbonyl (C=O) groups excluding carboxylic acids is 4. The number of ketones is 2. The van der Waals surface area contributed by atoms with E-state index in [1.807, 2.05) is 13.8 Å². The fourth-order valence-electron chi connectivity index (χ4n) is 3.77. The Hall–Kier alpha value is -3.08. The molecule has 0 atom stereocenters. The Morgan fingerprint density at radius 3 is 2.24 bits per heavy atom. The lowest BCUT2D eigenvalue weighted by Gasteiger charge is -2.15. The van der Waals surface area contributed by atoms with Gasteiger partial charge in [-0.05, 0) is 37.5 Å². The normalized spacial score (nSPS) is 10.8. The second kappa shape index (κ2) is 13.5. The molecule has 0 aliphatic heterocycles. The van der Waals surface area contributed by atoms with Crippen LogP contribution in [-0.2, 0) is 4.79 Å². The molecule has 33 heavy (non-hydrogen) atoms. The van der Waals surface area contributed by atoms with Gasteiger partial charge in [0.05, 0.1) is 11.5 Å². The molecule has 0 spiro atoms. The van der Waals surface area contributed by atoms with Crippen LogP contribution in [0.1, 0.15) is 109 Å². The molecule has 0 heterocycles. The Kier molecular flexibility index (Phi) is 10.7. The first-order valence-electron chi connectivity index (χ1n) is 11.9. The Labute approximate surface area is 196 Å². The van der Waals surface area contributed by atoms with Crippen LogP contribution in [0.3, 0.4) is 0 Å². The summed E-state index contributed by atoms with van der Waals surface area (Å²) in [4.78, 5) is 50.2. The van der Waals surface area contributed by atoms with E-state index in [1.54, 1.807) is 30.3 Å². The van der Waals surface area contributed by atoms with Crippen molar-refractivity contribution in [1.82, 2.24) is 0 Å². The zero-order valence-corrected chi connectivity index (χ0v) is 19.9. The van der Waals surface area contributed by atoms with Gasteiger partial charge in [-0.15, -0.1) is 0 Å². The molecule has 2 aromatic carbocycles. The average Bonchev–Trinajstić information content (AvgIpc) is 2.84. The molecular weight excluding hydrogens is 416 g/mol. The van der Waals surface area contributed by atoms with Gasteiger partial charge in [0.25, 0.3) is 0 Å². The number of Topliss-reactive ketones (excluding diaryl/α,β-unsaturated/α-hetero) is 1. The van der Waals surface area contributed by atoms with Crippen LogP contribution >= 0.6 is 0 Å². The van der Waals surface area contributed by atoms with Crippen molar-refractivity contribution in [3.05, 3.63) is 64.7 Å². The van der Waals surface area contributed by atoms with Gasteiger partial charge in [-0.3, -0.25) is 19.2 Å². The second-order valence-electron chi connectivity index (χ2n) is 8.27. The van der Waals surface area contributed by atoms with E-state index in [0.717, 1.165) is 32.1 Å². The maximum absolute atomic E-state index is 13.4. The maximum atomic E-state index is 13.4. The van der Waals surface area contributed by atoms with Gasteiger partial charge in [-0.25, -0.2) is 0 Å². The van der Waals surface area contributed by atoms with Gasteiger partial charge < -0.3 is 4.74 Å². The van der Waals surface area contributed by atoms with Gasteiger partial charge in [0.2, 0.25) is 0 Å². The van der Waals surface area contributed by atoms with E-state index < -0.39 is 11.8 Å². The highest BCUT2D eigenvalue weighted by Crippen LogP contribution is 2.27. The van der Waals surface area contributed by atoms with Crippen molar-refractivity contribution in [3.63, 3.8) is 0 Å². The lowest BCUT2D eigenvalue weighted by molar-refractivity contribution is -0.139. The molecule has 0 saturated carbocycles. The monoisotopic (exact) mass is 450 g/mol. The lowest BCUT2D eigenvalue weighted by atomic mass is 9.95. The molecule has 2 aromatic rings. The number of benzene rings is 2. The van der Waals surface area contributed by atoms with Crippen molar-refractivity contribution in [2.24, 2.45) is 5.92 Å². The van der Waals surface area contributed by atoms with E-state index in [2.05, 4.69) is 6.92 Å². The summed E-state index contributed by atoms with van der Waals surface area (Å²) in [6, 6.07) is 11.1. The van der Waals surface area contributed by atoms with Gasteiger partial charge in [0, 0.05) is 23.1 Å². The zero-order chi connectivity index (χ0) is 24.2. The minimum absolute atomic E-state index is 0.0536. The van der Waals surface area contributed by atoms with Gasteiger partial charge in [0.1, 0.15) is 5.75 Å². The molecule has 0 aliphatic rings. The standard InChI is InChI=1S/C28H34O5/c1-4-7-8-9-10-15-25(30)21-16-17-26(33-28(32)20(5-2)6-3)24(18-21)27(31)23-14-12-11-13-22(23)19-29/h11-14,16-20H,4-10,15H2,1-3H3. The minimum Gasteiger partial charge on any atom is -0.426 e. The highest BCUT2D eigenvalue weighted by molar-refractivity contribution is 6.15. The maximum Gasteiger partial charge on any atom is 0.314 e. The van der Waals surface area contributed by atoms with Crippen LogP contribution in [-0.4, -0.2) is 23.8 Å². The highest BCUT2D eigenvalue weighted by Gasteiger charge is 2.23. The summed E-state index contributed by atoms with van der Waals surface area (Å²) in [6.07, 6.45) is 7.44. The zero-order valence-electron chi connectivity index (χ0n) is 19.9.